The molecule has 0 amide bonds. The number of esters is 1. The zero-order valence-electron chi connectivity index (χ0n) is 9.42. The second kappa shape index (κ2) is 5.34. The zero-order valence-corrected chi connectivity index (χ0v) is 9.42. The van der Waals surface area contributed by atoms with E-state index >= 15 is 0 Å². The molecular weight excluding hydrogens is 254 g/mol. The first kappa shape index (κ1) is 14.4. The van der Waals surface area contributed by atoms with Gasteiger partial charge < -0.3 is 10.5 Å². The van der Waals surface area contributed by atoms with Crippen LogP contribution in [0, 0.1) is 5.82 Å². The van der Waals surface area contributed by atoms with Crippen molar-refractivity contribution in [3.8, 4) is 0 Å². The normalized spacial score (nSPS) is 13.2. The van der Waals surface area contributed by atoms with Gasteiger partial charge >= 0.3 is 12.1 Å². The lowest BCUT2D eigenvalue weighted by Gasteiger charge is -2.13. The van der Waals surface area contributed by atoms with E-state index in [-0.39, 0.29) is 12.0 Å². The minimum atomic E-state index is -4.78. The summed E-state index contributed by atoms with van der Waals surface area (Å²) in [4.78, 5) is 11.0. The Kier molecular flexibility index (Phi) is 4.28. The summed E-state index contributed by atoms with van der Waals surface area (Å²) in [6, 6.07) is 1.63. The molecule has 100 valence electrons. The number of hydrogen-bond acceptors (Lipinski definition) is 3. The lowest BCUT2D eigenvalue weighted by atomic mass is 10.0. The summed E-state index contributed by atoms with van der Waals surface area (Å²) >= 11 is 0. The van der Waals surface area contributed by atoms with E-state index in [1.165, 1.54) is 0 Å². The molecule has 0 aliphatic carbocycles. The van der Waals surface area contributed by atoms with Gasteiger partial charge in [-0.25, -0.2) is 4.39 Å². The number of methoxy groups -OCH3 is 1. The Morgan fingerprint density at radius 1 is 1.44 bits per heavy atom. The maximum Gasteiger partial charge on any atom is 0.419 e. The summed E-state index contributed by atoms with van der Waals surface area (Å²) < 4.78 is 55.2. The number of carbonyl (C=O) groups excluding carboxylic acids is 1. The molecule has 0 bridgehead atoms. The Balaban J connectivity index is 3.02. The van der Waals surface area contributed by atoms with Gasteiger partial charge in [-0.3, -0.25) is 4.79 Å². The fraction of sp³-hybridized carbons (Fsp3) is 0.364. The summed E-state index contributed by atoms with van der Waals surface area (Å²) in [6.07, 6.45) is -5.14. The molecule has 0 fully saturated rings. The molecule has 18 heavy (non-hydrogen) atoms. The van der Waals surface area contributed by atoms with Crippen LogP contribution in [-0.4, -0.2) is 19.1 Å². The third kappa shape index (κ3) is 3.19. The van der Waals surface area contributed by atoms with Crippen molar-refractivity contribution < 1.29 is 27.1 Å². The average molecular weight is 265 g/mol. The summed E-state index contributed by atoms with van der Waals surface area (Å²) in [7, 11) is 1.09. The third-order valence-electron chi connectivity index (χ3n) is 2.33. The molecule has 0 heterocycles. The molecule has 1 aromatic rings. The van der Waals surface area contributed by atoms with Crippen molar-refractivity contribution in [2.75, 3.05) is 7.11 Å². The minimum absolute atomic E-state index is 0.275. The first-order valence-electron chi connectivity index (χ1n) is 4.95. The number of nitrogens with two attached hydrogens (primary N) is 1. The molecule has 0 saturated carbocycles. The molecule has 1 atom stereocenters. The quantitative estimate of drug-likeness (QED) is 0.670. The van der Waals surface area contributed by atoms with Gasteiger partial charge in [-0.1, -0.05) is 12.1 Å². The van der Waals surface area contributed by atoms with Gasteiger partial charge in [0.2, 0.25) is 0 Å². The molecular formula is C11H11F4NO2. The summed E-state index contributed by atoms with van der Waals surface area (Å²) in [6.45, 7) is 0. The van der Waals surface area contributed by atoms with Crippen molar-refractivity contribution in [3.63, 3.8) is 0 Å². The van der Waals surface area contributed by atoms with E-state index in [1.54, 1.807) is 0 Å². The van der Waals surface area contributed by atoms with Crippen molar-refractivity contribution >= 4 is 5.97 Å². The highest BCUT2D eigenvalue weighted by atomic mass is 19.4. The van der Waals surface area contributed by atoms with Gasteiger partial charge in [0.05, 0.1) is 12.7 Å². The van der Waals surface area contributed by atoms with Gasteiger partial charge in [0.15, 0.2) is 0 Å². The molecule has 0 aromatic heterocycles. The Morgan fingerprint density at radius 2 is 2.06 bits per heavy atom. The second-order valence-electron chi connectivity index (χ2n) is 3.61. The largest absolute Gasteiger partial charge is 0.468 e. The number of rotatable bonds is 3. The highest BCUT2D eigenvalue weighted by Crippen LogP contribution is 2.32. The molecule has 7 heteroatoms. The highest BCUT2D eigenvalue weighted by Gasteiger charge is 2.35. The van der Waals surface area contributed by atoms with E-state index in [9.17, 15) is 22.4 Å². The fourth-order valence-corrected chi connectivity index (χ4v) is 1.43. The summed E-state index contributed by atoms with van der Waals surface area (Å²) in [5, 5.41) is 0. The highest BCUT2D eigenvalue weighted by molar-refractivity contribution is 5.75. The maximum absolute atomic E-state index is 13.6. The number of benzene rings is 1. The van der Waals surface area contributed by atoms with Crippen LogP contribution in [0.4, 0.5) is 17.6 Å². The van der Waals surface area contributed by atoms with Gasteiger partial charge in [-0.15, -0.1) is 0 Å². The first-order valence-corrected chi connectivity index (χ1v) is 4.95. The van der Waals surface area contributed by atoms with Crippen molar-refractivity contribution in [1.82, 2.24) is 0 Å². The van der Waals surface area contributed by atoms with Gasteiger partial charge in [0, 0.05) is 6.42 Å². The summed E-state index contributed by atoms with van der Waals surface area (Å²) in [5.41, 5.74) is 3.71. The van der Waals surface area contributed by atoms with Crippen molar-refractivity contribution in [2.24, 2.45) is 5.73 Å². The number of carbonyl (C=O) groups is 1. The second-order valence-corrected chi connectivity index (χ2v) is 3.61. The lowest BCUT2D eigenvalue weighted by Crippen LogP contribution is -2.34. The van der Waals surface area contributed by atoms with E-state index in [1.807, 2.05) is 0 Å². The smallest absolute Gasteiger partial charge is 0.419 e. The monoisotopic (exact) mass is 265 g/mol. The number of ether oxygens (including phenoxy) is 1. The van der Waals surface area contributed by atoms with Crippen LogP contribution in [0.5, 0.6) is 0 Å². The lowest BCUT2D eigenvalue weighted by molar-refractivity contribution is -0.142. The Morgan fingerprint density at radius 3 is 2.56 bits per heavy atom. The molecule has 0 aliphatic heterocycles. The van der Waals surface area contributed by atoms with Gasteiger partial charge in [-0.05, 0) is 11.6 Å². The topological polar surface area (TPSA) is 52.3 Å². The molecule has 1 rings (SSSR count). The van der Waals surface area contributed by atoms with Crippen LogP contribution >= 0.6 is 0 Å². The number of alkyl halides is 3. The molecule has 3 nitrogen and oxygen atoms in total. The van der Waals surface area contributed by atoms with Crippen LogP contribution in [0.15, 0.2) is 18.2 Å². The predicted octanol–water partition coefficient (Wildman–Crippen LogP) is 1.89. The van der Waals surface area contributed by atoms with E-state index in [0.717, 1.165) is 19.2 Å². The molecule has 0 spiro atoms. The zero-order chi connectivity index (χ0) is 13.9. The van der Waals surface area contributed by atoms with Crippen molar-refractivity contribution in [2.45, 2.75) is 18.6 Å². The standard InChI is InChI=1S/C11H11F4NO2/c1-18-10(17)8(16)5-6-3-2-4-7(9(6)12)11(13,14)15/h2-4,8H,5,16H2,1H3/t8-/m1/s1. The molecule has 0 saturated heterocycles. The van der Waals surface area contributed by atoms with Crippen LogP contribution in [0.2, 0.25) is 0 Å². The first-order chi connectivity index (χ1) is 8.27. The van der Waals surface area contributed by atoms with Crippen molar-refractivity contribution in [3.05, 3.63) is 35.1 Å². The van der Waals surface area contributed by atoms with Crippen LogP contribution in [0.1, 0.15) is 11.1 Å². The molecule has 1 aromatic carbocycles. The van der Waals surface area contributed by atoms with E-state index < -0.39 is 29.6 Å². The van der Waals surface area contributed by atoms with E-state index in [2.05, 4.69) is 4.74 Å². The molecule has 0 unspecified atom stereocenters. The Labute approximate surface area is 101 Å². The fourth-order valence-electron chi connectivity index (χ4n) is 1.43. The molecule has 0 aliphatic rings. The summed E-state index contributed by atoms with van der Waals surface area (Å²) in [5.74, 6) is -2.23. The van der Waals surface area contributed by atoms with Crippen molar-refractivity contribution in [1.29, 1.82) is 0 Å². The molecule has 0 radical (unpaired) electrons. The van der Waals surface area contributed by atoms with Crippen LogP contribution in [-0.2, 0) is 22.1 Å². The van der Waals surface area contributed by atoms with Gasteiger partial charge in [0.1, 0.15) is 11.9 Å². The van der Waals surface area contributed by atoms with Crippen LogP contribution in [0.3, 0.4) is 0 Å². The maximum atomic E-state index is 13.6. The Hall–Kier alpha value is -1.63. The van der Waals surface area contributed by atoms with Gasteiger partial charge in [-0.2, -0.15) is 13.2 Å². The van der Waals surface area contributed by atoms with E-state index in [4.69, 9.17) is 5.73 Å². The Bertz CT molecular complexity index is 445. The SMILES string of the molecule is COC(=O)[C@H](N)Cc1cccc(C(F)(F)F)c1F. The number of halogens is 4. The van der Waals surface area contributed by atoms with Crippen LogP contribution < -0.4 is 5.73 Å². The third-order valence-corrected chi connectivity index (χ3v) is 2.33. The predicted molar refractivity (Wildman–Crippen MR) is 55.1 cm³/mol. The van der Waals surface area contributed by atoms with E-state index in [0.29, 0.717) is 6.07 Å². The van der Waals surface area contributed by atoms with Crippen LogP contribution in [0.25, 0.3) is 0 Å². The average Bonchev–Trinajstić information content (AvgIpc) is 2.29. The number of hydrogen-bond donors (Lipinski definition) is 1. The minimum Gasteiger partial charge on any atom is -0.468 e. The van der Waals surface area contributed by atoms with Gasteiger partial charge in [0.25, 0.3) is 0 Å². The molecule has 2 N–H and O–H groups in total.